The van der Waals surface area contributed by atoms with E-state index in [1.807, 2.05) is 13.8 Å². The molecule has 2 heterocycles. The van der Waals surface area contributed by atoms with Gasteiger partial charge >= 0.3 is 0 Å². The van der Waals surface area contributed by atoms with Crippen LogP contribution in [0.15, 0.2) is 18.2 Å². The van der Waals surface area contributed by atoms with Crippen molar-refractivity contribution >= 4 is 22.8 Å². The van der Waals surface area contributed by atoms with Crippen LogP contribution in [0, 0.1) is 18.6 Å². The molecular formula is C14H13ClF2N4. The third-order valence-electron chi connectivity index (χ3n) is 3.31. The van der Waals surface area contributed by atoms with Crippen LogP contribution in [0.5, 0.6) is 0 Å². The van der Waals surface area contributed by atoms with Crippen molar-refractivity contribution in [2.45, 2.75) is 26.3 Å². The number of hydrogen-bond acceptors (Lipinski definition) is 2. The molecule has 0 radical (unpaired) electrons. The average molecular weight is 311 g/mol. The molecule has 1 aromatic carbocycles. The second-order valence-corrected chi connectivity index (χ2v) is 4.97. The Kier molecular flexibility index (Phi) is 3.41. The maximum absolute atomic E-state index is 13.5. The molecule has 3 aromatic rings. The van der Waals surface area contributed by atoms with Gasteiger partial charge in [-0.15, -0.1) is 11.6 Å². The van der Waals surface area contributed by atoms with Crippen LogP contribution in [0.3, 0.4) is 0 Å². The highest BCUT2D eigenvalue weighted by molar-refractivity contribution is 6.17. The molecule has 0 saturated heterocycles. The summed E-state index contributed by atoms with van der Waals surface area (Å²) in [6.45, 7) is 4.40. The van der Waals surface area contributed by atoms with E-state index in [0.717, 1.165) is 11.8 Å². The van der Waals surface area contributed by atoms with Crippen molar-refractivity contribution in [3.05, 3.63) is 41.4 Å². The van der Waals surface area contributed by atoms with Gasteiger partial charge in [0.15, 0.2) is 5.65 Å². The molecule has 0 aliphatic heterocycles. The van der Waals surface area contributed by atoms with Gasteiger partial charge in [-0.25, -0.2) is 18.4 Å². The van der Waals surface area contributed by atoms with Crippen molar-refractivity contribution in [2.75, 3.05) is 0 Å². The summed E-state index contributed by atoms with van der Waals surface area (Å²) in [7, 11) is 0. The fraction of sp³-hybridized carbons (Fsp3) is 0.286. The molecule has 0 spiro atoms. The van der Waals surface area contributed by atoms with E-state index in [1.165, 1.54) is 12.1 Å². The van der Waals surface area contributed by atoms with E-state index in [0.29, 0.717) is 29.2 Å². The van der Waals surface area contributed by atoms with Gasteiger partial charge in [-0.2, -0.15) is 5.10 Å². The Labute approximate surface area is 125 Å². The second kappa shape index (κ2) is 5.11. The van der Waals surface area contributed by atoms with Gasteiger partial charge in [0.1, 0.15) is 23.0 Å². The van der Waals surface area contributed by atoms with E-state index < -0.39 is 11.6 Å². The first-order valence-electron chi connectivity index (χ1n) is 6.52. The summed E-state index contributed by atoms with van der Waals surface area (Å²) >= 11 is 5.94. The average Bonchev–Trinajstić information content (AvgIpc) is 2.95. The zero-order valence-corrected chi connectivity index (χ0v) is 12.3. The van der Waals surface area contributed by atoms with E-state index in [1.54, 1.807) is 9.25 Å². The van der Waals surface area contributed by atoms with Crippen molar-refractivity contribution in [2.24, 2.45) is 0 Å². The Hall–Kier alpha value is -1.95. The number of imidazole rings is 1. The Bertz CT molecular complexity index is 802. The maximum Gasteiger partial charge on any atom is 0.163 e. The largest absolute Gasteiger partial charge is 0.280 e. The molecule has 110 valence electrons. The normalized spacial score (nSPS) is 11.5. The lowest BCUT2D eigenvalue weighted by molar-refractivity contribution is 0.581. The monoisotopic (exact) mass is 310 g/mol. The summed E-state index contributed by atoms with van der Waals surface area (Å²) in [5.74, 6) is -0.631. The van der Waals surface area contributed by atoms with Crippen LogP contribution in [0.25, 0.3) is 16.9 Å². The SMILES string of the molecule is CCn1nc(C)c2nc(CCl)n(-c3cc(F)cc(F)c3)c21. The molecular weight excluding hydrogens is 298 g/mol. The number of rotatable bonds is 3. The van der Waals surface area contributed by atoms with Gasteiger partial charge in [0.25, 0.3) is 0 Å². The summed E-state index contributed by atoms with van der Waals surface area (Å²) in [5, 5.41) is 4.38. The Morgan fingerprint density at radius 2 is 1.86 bits per heavy atom. The third-order valence-corrected chi connectivity index (χ3v) is 3.54. The molecule has 21 heavy (non-hydrogen) atoms. The third kappa shape index (κ3) is 2.19. The molecule has 0 amide bonds. The summed E-state index contributed by atoms with van der Waals surface area (Å²) in [6, 6.07) is 3.34. The van der Waals surface area contributed by atoms with Crippen molar-refractivity contribution < 1.29 is 8.78 Å². The lowest BCUT2D eigenvalue weighted by Crippen LogP contribution is -2.07. The number of aryl methyl sites for hydroxylation is 2. The number of aromatic nitrogens is 4. The van der Waals surface area contributed by atoms with E-state index >= 15 is 0 Å². The minimum Gasteiger partial charge on any atom is -0.280 e. The summed E-state index contributed by atoms with van der Waals surface area (Å²) in [6.07, 6.45) is 0. The van der Waals surface area contributed by atoms with Crippen molar-refractivity contribution in [1.29, 1.82) is 0 Å². The molecule has 3 rings (SSSR count). The smallest absolute Gasteiger partial charge is 0.163 e. The van der Waals surface area contributed by atoms with Crippen LogP contribution in [0.1, 0.15) is 18.4 Å². The van der Waals surface area contributed by atoms with Crippen LogP contribution in [0.4, 0.5) is 8.78 Å². The van der Waals surface area contributed by atoms with E-state index in [2.05, 4.69) is 10.1 Å². The van der Waals surface area contributed by atoms with E-state index in [4.69, 9.17) is 11.6 Å². The number of alkyl halides is 1. The number of nitrogens with zero attached hydrogens (tertiary/aromatic N) is 4. The highest BCUT2D eigenvalue weighted by Crippen LogP contribution is 2.26. The standard InChI is InChI=1S/C14H13ClF2N4/c1-3-20-14-13(8(2)19-20)18-12(7-15)21(14)11-5-9(16)4-10(17)6-11/h4-6H,3,7H2,1-2H3. The predicted octanol–water partition coefficient (Wildman–Crippen LogP) is 3.57. The van der Waals surface area contributed by atoms with Gasteiger partial charge in [0, 0.05) is 12.6 Å². The first-order valence-corrected chi connectivity index (χ1v) is 7.05. The zero-order valence-electron chi connectivity index (χ0n) is 11.6. The van der Waals surface area contributed by atoms with E-state index in [9.17, 15) is 8.78 Å². The quantitative estimate of drug-likeness (QED) is 0.693. The minimum absolute atomic E-state index is 0.135. The maximum atomic E-state index is 13.5. The molecule has 0 aliphatic rings. The molecule has 0 atom stereocenters. The molecule has 2 aromatic heterocycles. The van der Waals surface area contributed by atoms with Gasteiger partial charge in [0.2, 0.25) is 0 Å². The lowest BCUT2D eigenvalue weighted by Gasteiger charge is -2.09. The molecule has 0 bridgehead atoms. The summed E-state index contributed by atoms with van der Waals surface area (Å²) < 4.78 is 30.4. The highest BCUT2D eigenvalue weighted by atomic mass is 35.5. The number of hydrogen-bond donors (Lipinski definition) is 0. The Morgan fingerprint density at radius 1 is 1.19 bits per heavy atom. The Balaban J connectivity index is 2.38. The van der Waals surface area contributed by atoms with Gasteiger partial charge < -0.3 is 0 Å². The van der Waals surface area contributed by atoms with Crippen LogP contribution < -0.4 is 0 Å². The topological polar surface area (TPSA) is 35.6 Å². The first kappa shape index (κ1) is 14.0. The molecule has 0 N–H and O–H groups in total. The van der Waals surface area contributed by atoms with Crippen LogP contribution >= 0.6 is 11.6 Å². The molecule has 0 fully saturated rings. The van der Waals surface area contributed by atoms with Gasteiger partial charge in [-0.3, -0.25) is 4.57 Å². The van der Waals surface area contributed by atoms with Crippen LogP contribution in [0.2, 0.25) is 0 Å². The second-order valence-electron chi connectivity index (χ2n) is 4.70. The summed E-state index contributed by atoms with van der Waals surface area (Å²) in [5.41, 5.74) is 2.49. The van der Waals surface area contributed by atoms with Gasteiger partial charge in [0.05, 0.1) is 17.3 Å². The predicted molar refractivity (Wildman–Crippen MR) is 76.7 cm³/mol. The minimum atomic E-state index is -0.647. The fourth-order valence-electron chi connectivity index (χ4n) is 2.46. The van der Waals surface area contributed by atoms with Crippen molar-refractivity contribution in [3.8, 4) is 5.69 Å². The fourth-order valence-corrected chi connectivity index (χ4v) is 2.64. The van der Waals surface area contributed by atoms with Crippen LogP contribution in [-0.2, 0) is 12.4 Å². The number of fused-ring (bicyclic) bond motifs is 1. The van der Waals surface area contributed by atoms with Gasteiger partial charge in [-0.05, 0) is 26.0 Å². The van der Waals surface area contributed by atoms with Crippen LogP contribution in [-0.4, -0.2) is 19.3 Å². The molecule has 0 aliphatic carbocycles. The molecule has 0 unspecified atom stereocenters. The van der Waals surface area contributed by atoms with Crippen molar-refractivity contribution in [3.63, 3.8) is 0 Å². The summed E-state index contributed by atoms with van der Waals surface area (Å²) in [4.78, 5) is 4.44. The molecule has 7 heteroatoms. The number of benzene rings is 1. The highest BCUT2D eigenvalue weighted by Gasteiger charge is 2.19. The van der Waals surface area contributed by atoms with E-state index in [-0.39, 0.29) is 5.88 Å². The first-order chi connectivity index (χ1) is 10.0. The molecule has 0 saturated carbocycles. The molecule has 4 nitrogen and oxygen atoms in total. The Morgan fingerprint density at radius 3 is 2.43 bits per heavy atom. The van der Waals surface area contributed by atoms with Crippen molar-refractivity contribution in [1.82, 2.24) is 19.3 Å². The number of halogens is 3. The van der Waals surface area contributed by atoms with Gasteiger partial charge in [-0.1, -0.05) is 0 Å². The zero-order chi connectivity index (χ0) is 15.1. The lowest BCUT2D eigenvalue weighted by atomic mass is 10.3.